The number of hydrogen-bond acceptors (Lipinski definition) is 0. The summed E-state index contributed by atoms with van der Waals surface area (Å²) < 4.78 is 12.3. The Labute approximate surface area is 97.6 Å². The van der Waals surface area contributed by atoms with Crippen LogP contribution in [0.3, 0.4) is 0 Å². The molecule has 78 valence electrons. The standard InChI is InChI=1S/C13H12BrF/c1-10-9-12(7-8-13(10,14)15)11-5-3-2-4-6-11/h2-10H,1H3. The van der Waals surface area contributed by atoms with Gasteiger partial charge in [0, 0.05) is 5.92 Å². The molecule has 0 amide bonds. The fourth-order valence-electron chi connectivity index (χ4n) is 1.61. The van der Waals surface area contributed by atoms with Crippen LogP contribution in [-0.4, -0.2) is 4.58 Å². The molecule has 1 aliphatic carbocycles. The summed E-state index contributed by atoms with van der Waals surface area (Å²) in [5.74, 6) is -0.155. The van der Waals surface area contributed by atoms with Crippen molar-refractivity contribution >= 4 is 21.5 Å². The average Bonchev–Trinajstić information content (AvgIpc) is 2.23. The molecule has 0 bridgehead atoms. The van der Waals surface area contributed by atoms with Gasteiger partial charge < -0.3 is 0 Å². The first-order valence-corrected chi connectivity index (χ1v) is 5.73. The lowest BCUT2D eigenvalue weighted by atomic mass is 9.92. The molecule has 0 saturated carbocycles. The molecule has 0 N–H and O–H groups in total. The van der Waals surface area contributed by atoms with E-state index < -0.39 is 4.58 Å². The minimum Gasteiger partial charge on any atom is -0.226 e. The van der Waals surface area contributed by atoms with Crippen LogP contribution in [0.15, 0.2) is 48.6 Å². The van der Waals surface area contributed by atoms with Gasteiger partial charge in [0.15, 0.2) is 4.58 Å². The quantitative estimate of drug-likeness (QED) is 0.664. The van der Waals surface area contributed by atoms with Crippen LogP contribution in [0.5, 0.6) is 0 Å². The molecule has 0 nitrogen and oxygen atoms in total. The summed E-state index contributed by atoms with van der Waals surface area (Å²) in [5, 5.41) is 0. The molecule has 1 aromatic carbocycles. The van der Waals surface area contributed by atoms with Gasteiger partial charge in [-0.05, 0) is 33.1 Å². The van der Waals surface area contributed by atoms with Crippen molar-refractivity contribution in [1.82, 2.24) is 0 Å². The molecule has 0 fully saturated rings. The zero-order chi connectivity index (χ0) is 10.9. The number of rotatable bonds is 1. The van der Waals surface area contributed by atoms with Crippen LogP contribution >= 0.6 is 15.9 Å². The Balaban J connectivity index is 2.32. The average molecular weight is 267 g/mol. The van der Waals surface area contributed by atoms with Crippen LogP contribution in [0.2, 0.25) is 0 Å². The van der Waals surface area contributed by atoms with Crippen LogP contribution in [0.1, 0.15) is 12.5 Å². The van der Waals surface area contributed by atoms with Crippen LogP contribution in [-0.2, 0) is 0 Å². The fraction of sp³-hybridized carbons (Fsp3) is 0.231. The third-order valence-corrected chi connectivity index (χ3v) is 3.62. The Morgan fingerprint density at radius 3 is 2.53 bits per heavy atom. The molecule has 2 atom stereocenters. The van der Waals surface area contributed by atoms with Crippen LogP contribution < -0.4 is 0 Å². The predicted octanol–water partition coefficient (Wildman–Crippen LogP) is 4.34. The summed E-state index contributed by atoms with van der Waals surface area (Å²) in [6, 6.07) is 10.0. The Morgan fingerprint density at radius 2 is 1.93 bits per heavy atom. The second-order valence-corrected chi connectivity index (χ2v) is 5.00. The highest BCUT2D eigenvalue weighted by Crippen LogP contribution is 2.38. The van der Waals surface area contributed by atoms with Gasteiger partial charge in [-0.3, -0.25) is 0 Å². The van der Waals surface area contributed by atoms with Crippen molar-refractivity contribution in [2.24, 2.45) is 5.92 Å². The SMILES string of the molecule is CC1C=C(c2ccccc2)C=CC1(F)Br. The molecule has 0 radical (unpaired) electrons. The van der Waals surface area contributed by atoms with E-state index in [1.807, 2.05) is 49.4 Å². The van der Waals surface area contributed by atoms with Crippen LogP contribution in [0.4, 0.5) is 4.39 Å². The summed E-state index contributed by atoms with van der Waals surface area (Å²) >= 11 is 3.06. The minimum absolute atomic E-state index is 0.155. The van der Waals surface area contributed by atoms with E-state index in [9.17, 15) is 4.39 Å². The zero-order valence-corrected chi connectivity index (χ0v) is 10.0. The third-order valence-electron chi connectivity index (χ3n) is 2.63. The first kappa shape index (κ1) is 10.6. The topological polar surface area (TPSA) is 0 Å². The maximum Gasteiger partial charge on any atom is 0.189 e. The molecule has 15 heavy (non-hydrogen) atoms. The molecule has 0 aromatic heterocycles. The minimum atomic E-state index is -1.40. The number of hydrogen-bond donors (Lipinski definition) is 0. The molecule has 0 heterocycles. The Hall–Kier alpha value is -0.890. The van der Waals surface area contributed by atoms with Gasteiger partial charge in [-0.2, -0.15) is 0 Å². The summed E-state index contributed by atoms with van der Waals surface area (Å²) in [7, 11) is 0. The summed E-state index contributed by atoms with van der Waals surface area (Å²) in [6.07, 6.45) is 5.34. The molecule has 2 unspecified atom stereocenters. The first-order valence-electron chi connectivity index (χ1n) is 4.94. The highest BCUT2D eigenvalue weighted by molar-refractivity contribution is 9.10. The normalized spacial score (nSPS) is 30.1. The van der Waals surface area contributed by atoms with E-state index in [0.717, 1.165) is 11.1 Å². The van der Waals surface area contributed by atoms with Gasteiger partial charge in [0.25, 0.3) is 0 Å². The molecule has 2 heteroatoms. The van der Waals surface area contributed by atoms with Crippen molar-refractivity contribution < 1.29 is 4.39 Å². The molecule has 0 saturated heterocycles. The van der Waals surface area contributed by atoms with E-state index in [1.165, 1.54) is 0 Å². The van der Waals surface area contributed by atoms with Gasteiger partial charge >= 0.3 is 0 Å². The summed E-state index contributed by atoms with van der Waals surface area (Å²) in [5.41, 5.74) is 2.21. The Morgan fingerprint density at radius 1 is 1.27 bits per heavy atom. The lowest BCUT2D eigenvalue weighted by molar-refractivity contribution is 0.301. The number of benzene rings is 1. The van der Waals surface area contributed by atoms with Gasteiger partial charge in [-0.1, -0.05) is 49.4 Å². The van der Waals surface area contributed by atoms with Crippen LogP contribution in [0, 0.1) is 5.92 Å². The molecule has 0 spiro atoms. The van der Waals surface area contributed by atoms with Gasteiger partial charge in [-0.15, -0.1) is 0 Å². The van der Waals surface area contributed by atoms with Gasteiger partial charge in [0.1, 0.15) is 0 Å². The lowest BCUT2D eigenvalue weighted by Gasteiger charge is -2.24. The van der Waals surface area contributed by atoms with Crippen molar-refractivity contribution in [2.75, 3.05) is 0 Å². The number of alkyl halides is 2. The van der Waals surface area contributed by atoms with Crippen molar-refractivity contribution in [2.45, 2.75) is 11.5 Å². The second-order valence-electron chi connectivity index (χ2n) is 3.78. The van der Waals surface area contributed by atoms with E-state index in [0.29, 0.717) is 0 Å². The van der Waals surface area contributed by atoms with E-state index in [2.05, 4.69) is 15.9 Å². The molecule has 1 aromatic rings. The number of allylic oxidation sites excluding steroid dienone is 4. The molecular weight excluding hydrogens is 255 g/mol. The first-order chi connectivity index (χ1) is 7.09. The van der Waals surface area contributed by atoms with E-state index in [1.54, 1.807) is 6.08 Å². The van der Waals surface area contributed by atoms with Gasteiger partial charge in [0.2, 0.25) is 0 Å². The smallest absolute Gasteiger partial charge is 0.189 e. The van der Waals surface area contributed by atoms with Crippen LogP contribution in [0.25, 0.3) is 5.57 Å². The maximum atomic E-state index is 13.7. The number of halogens is 2. The Kier molecular flexibility index (Phi) is 2.79. The van der Waals surface area contributed by atoms with Crippen molar-refractivity contribution in [3.63, 3.8) is 0 Å². The van der Waals surface area contributed by atoms with Crippen molar-refractivity contribution in [3.8, 4) is 0 Å². The summed E-state index contributed by atoms with van der Waals surface area (Å²) in [4.78, 5) is 0. The maximum absolute atomic E-state index is 13.7. The predicted molar refractivity (Wildman–Crippen MR) is 65.5 cm³/mol. The fourth-order valence-corrected chi connectivity index (χ4v) is 1.88. The molecule has 0 aliphatic heterocycles. The molecular formula is C13H12BrF. The van der Waals surface area contributed by atoms with Crippen molar-refractivity contribution in [1.29, 1.82) is 0 Å². The second kappa shape index (κ2) is 3.93. The van der Waals surface area contributed by atoms with E-state index in [-0.39, 0.29) is 5.92 Å². The summed E-state index contributed by atoms with van der Waals surface area (Å²) in [6.45, 7) is 1.86. The molecule has 1 aliphatic rings. The third kappa shape index (κ3) is 2.20. The largest absolute Gasteiger partial charge is 0.226 e. The Bertz CT molecular complexity index is 404. The van der Waals surface area contributed by atoms with E-state index in [4.69, 9.17) is 0 Å². The highest BCUT2D eigenvalue weighted by atomic mass is 79.9. The van der Waals surface area contributed by atoms with Gasteiger partial charge in [-0.25, -0.2) is 4.39 Å². The van der Waals surface area contributed by atoms with Gasteiger partial charge in [0.05, 0.1) is 0 Å². The molecule has 2 rings (SSSR count). The lowest BCUT2D eigenvalue weighted by Crippen LogP contribution is -2.21. The zero-order valence-electron chi connectivity index (χ0n) is 8.45. The highest BCUT2D eigenvalue weighted by Gasteiger charge is 2.31. The van der Waals surface area contributed by atoms with E-state index >= 15 is 0 Å². The monoisotopic (exact) mass is 266 g/mol. The van der Waals surface area contributed by atoms with Crippen molar-refractivity contribution in [3.05, 3.63) is 54.1 Å².